The Morgan fingerprint density at radius 1 is 0.850 bits per heavy atom. The molecule has 0 saturated heterocycles. The SMILES string of the molecule is CC(=O)c1sc(SSc2nc(C)c(C(C)=O)s2)nc1C. The standard InChI is InChI=1S/C12H12N2O2S4/c1-5-9(7(3)15)17-11(13-5)19-20-12-14-6(2)10(18-12)8(4)16/h1-4H3. The molecule has 8 heteroatoms. The second-order valence-corrected chi connectivity index (χ2v) is 8.69. The van der Waals surface area contributed by atoms with Crippen molar-refractivity contribution in [3.8, 4) is 0 Å². The summed E-state index contributed by atoms with van der Waals surface area (Å²) in [5, 5.41) is 0. The van der Waals surface area contributed by atoms with Gasteiger partial charge in [0.15, 0.2) is 20.2 Å². The lowest BCUT2D eigenvalue weighted by Crippen LogP contribution is -1.89. The number of thiazole rings is 2. The number of hydrogen-bond acceptors (Lipinski definition) is 8. The highest BCUT2D eigenvalue weighted by molar-refractivity contribution is 8.77. The van der Waals surface area contributed by atoms with Crippen LogP contribution < -0.4 is 0 Å². The molecule has 20 heavy (non-hydrogen) atoms. The summed E-state index contributed by atoms with van der Waals surface area (Å²) in [4.78, 5) is 32.9. The van der Waals surface area contributed by atoms with Gasteiger partial charge in [0.25, 0.3) is 0 Å². The molecule has 2 aromatic heterocycles. The quantitative estimate of drug-likeness (QED) is 0.591. The van der Waals surface area contributed by atoms with Gasteiger partial charge in [0.2, 0.25) is 0 Å². The fraction of sp³-hybridized carbons (Fsp3) is 0.333. The molecule has 2 rings (SSSR count). The lowest BCUT2D eigenvalue weighted by molar-refractivity contribution is 0.101. The fourth-order valence-electron chi connectivity index (χ4n) is 1.54. The number of rotatable bonds is 5. The van der Waals surface area contributed by atoms with E-state index in [0.29, 0.717) is 9.75 Å². The minimum atomic E-state index is 0.0424. The van der Waals surface area contributed by atoms with Crippen LogP contribution in [-0.4, -0.2) is 21.5 Å². The van der Waals surface area contributed by atoms with Crippen molar-refractivity contribution in [3.05, 3.63) is 21.1 Å². The van der Waals surface area contributed by atoms with Crippen molar-refractivity contribution in [2.45, 2.75) is 36.4 Å². The summed E-state index contributed by atoms with van der Waals surface area (Å²) in [6.07, 6.45) is 0. The molecular formula is C12H12N2O2S4. The van der Waals surface area contributed by atoms with Crippen LogP contribution in [0.15, 0.2) is 8.68 Å². The second kappa shape index (κ2) is 6.38. The summed E-state index contributed by atoms with van der Waals surface area (Å²) in [5.74, 6) is 0.0848. The Morgan fingerprint density at radius 2 is 1.20 bits per heavy atom. The first-order chi connectivity index (χ1) is 9.38. The highest BCUT2D eigenvalue weighted by atomic mass is 33.1. The van der Waals surface area contributed by atoms with Crippen LogP contribution in [0.5, 0.6) is 0 Å². The van der Waals surface area contributed by atoms with Crippen LogP contribution >= 0.6 is 44.3 Å². The molecule has 2 heterocycles. The number of hydrogen-bond donors (Lipinski definition) is 0. The van der Waals surface area contributed by atoms with Gasteiger partial charge >= 0.3 is 0 Å². The third-order valence-electron chi connectivity index (χ3n) is 2.38. The number of carbonyl (C=O) groups is 2. The van der Waals surface area contributed by atoms with Gasteiger partial charge in [-0.05, 0) is 35.4 Å². The molecule has 0 radical (unpaired) electrons. The molecule has 106 valence electrons. The molecule has 0 bridgehead atoms. The predicted molar refractivity (Wildman–Crippen MR) is 85.4 cm³/mol. The van der Waals surface area contributed by atoms with Crippen LogP contribution in [0.1, 0.15) is 44.6 Å². The summed E-state index contributed by atoms with van der Waals surface area (Å²) in [5.41, 5.74) is 1.54. The zero-order valence-electron chi connectivity index (χ0n) is 11.3. The fourth-order valence-corrected chi connectivity index (χ4v) is 6.07. The van der Waals surface area contributed by atoms with Gasteiger partial charge in [-0.1, -0.05) is 0 Å². The van der Waals surface area contributed by atoms with Gasteiger partial charge in [-0.2, -0.15) is 0 Å². The minimum absolute atomic E-state index is 0.0424. The molecule has 0 spiro atoms. The zero-order chi connectivity index (χ0) is 14.9. The largest absolute Gasteiger partial charge is 0.294 e. The Hall–Kier alpha value is -0.700. The Kier molecular flexibility index (Phi) is 5.00. The number of ketones is 2. The molecule has 2 aromatic rings. The summed E-state index contributed by atoms with van der Waals surface area (Å²) in [7, 11) is 2.94. The van der Waals surface area contributed by atoms with E-state index in [2.05, 4.69) is 9.97 Å². The van der Waals surface area contributed by atoms with Crippen LogP contribution in [0.4, 0.5) is 0 Å². The van der Waals surface area contributed by atoms with Crippen molar-refractivity contribution in [1.29, 1.82) is 0 Å². The van der Waals surface area contributed by atoms with Crippen LogP contribution in [0, 0.1) is 13.8 Å². The van der Waals surface area contributed by atoms with E-state index in [9.17, 15) is 9.59 Å². The molecule has 0 aliphatic carbocycles. The van der Waals surface area contributed by atoms with Crippen molar-refractivity contribution in [1.82, 2.24) is 9.97 Å². The molecule has 0 aliphatic rings. The Bertz CT molecular complexity index is 617. The molecule has 0 N–H and O–H groups in total. The third-order valence-corrected chi connectivity index (χ3v) is 7.86. The van der Waals surface area contributed by atoms with E-state index in [1.54, 1.807) is 13.8 Å². The molecular weight excluding hydrogens is 332 g/mol. The first kappa shape index (κ1) is 15.7. The van der Waals surface area contributed by atoms with Gasteiger partial charge in [0, 0.05) is 13.8 Å². The first-order valence-corrected chi connectivity index (χ1v) is 9.48. The van der Waals surface area contributed by atoms with Crippen molar-refractivity contribution < 1.29 is 9.59 Å². The Labute approximate surface area is 132 Å². The van der Waals surface area contributed by atoms with Gasteiger partial charge in [0.1, 0.15) is 0 Å². The average Bonchev–Trinajstić information content (AvgIpc) is 2.90. The molecule has 0 amide bonds. The van der Waals surface area contributed by atoms with Crippen molar-refractivity contribution >= 4 is 55.8 Å². The molecule has 0 unspecified atom stereocenters. The molecule has 0 atom stereocenters. The van der Waals surface area contributed by atoms with Gasteiger partial charge in [-0.15, -0.1) is 22.7 Å². The Morgan fingerprint density at radius 3 is 1.45 bits per heavy atom. The van der Waals surface area contributed by atoms with E-state index in [1.165, 1.54) is 44.3 Å². The Balaban J connectivity index is 2.09. The van der Waals surface area contributed by atoms with Gasteiger partial charge in [0.05, 0.1) is 21.1 Å². The van der Waals surface area contributed by atoms with E-state index in [0.717, 1.165) is 20.1 Å². The number of aryl methyl sites for hydroxylation is 2. The highest BCUT2D eigenvalue weighted by Gasteiger charge is 2.15. The molecule has 0 aliphatic heterocycles. The summed E-state index contributed by atoms with van der Waals surface area (Å²) in [6.45, 7) is 6.77. The van der Waals surface area contributed by atoms with E-state index >= 15 is 0 Å². The lowest BCUT2D eigenvalue weighted by atomic mass is 10.3. The zero-order valence-corrected chi connectivity index (χ0v) is 14.6. The van der Waals surface area contributed by atoms with Crippen molar-refractivity contribution in [2.24, 2.45) is 0 Å². The predicted octanol–water partition coefficient (Wildman–Crippen LogP) is 4.42. The van der Waals surface area contributed by atoms with E-state index in [4.69, 9.17) is 0 Å². The summed E-state index contributed by atoms with van der Waals surface area (Å²) < 4.78 is 1.66. The maximum absolute atomic E-state index is 11.4. The van der Waals surface area contributed by atoms with Crippen molar-refractivity contribution in [2.75, 3.05) is 0 Å². The third kappa shape index (κ3) is 3.49. The topological polar surface area (TPSA) is 59.9 Å². The molecule has 4 nitrogen and oxygen atoms in total. The van der Waals surface area contributed by atoms with E-state index < -0.39 is 0 Å². The number of nitrogens with zero attached hydrogens (tertiary/aromatic N) is 2. The van der Waals surface area contributed by atoms with E-state index in [1.807, 2.05) is 13.8 Å². The van der Waals surface area contributed by atoms with Crippen LogP contribution in [0.25, 0.3) is 0 Å². The van der Waals surface area contributed by atoms with Crippen molar-refractivity contribution in [3.63, 3.8) is 0 Å². The monoisotopic (exact) mass is 344 g/mol. The molecule has 0 saturated carbocycles. The summed E-state index contributed by atoms with van der Waals surface area (Å²) >= 11 is 2.79. The van der Waals surface area contributed by atoms with Crippen LogP contribution in [0.2, 0.25) is 0 Å². The second-order valence-electron chi connectivity index (χ2n) is 4.07. The van der Waals surface area contributed by atoms with E-state index in [-0.39, 0.29) is 11.6 Å². The van der Waals surface area contributed by atoms with Gasteiger partial charge in [-0.3, -0.25) is 9.59 Å². The highest BCUT2D eigenvalue weighted by Crippen LogP contribution is 2.42. The number of carbonyl (C=O) groups excluding carboxylic acids is 2. The van der Waals surface area contributed by atoms with Gasteiger partial charge < -0.3 is 0 Å². The lowest BCUT2D eigenvalue weighted by Gasteiger charge is -1.90. The minimum Gasteiger partial charge on any atom is -0.294 e. The normalized spacial score (nSPS) is 10.8. The van der Waals surface area contributed by atoms with Gasteiger partial charge in [-0.25, -0.2) is 9.97 Å². The number of aromatic nitrogens is 2. The molecule has 0 fully saturated rings. The maximum Gasteiger partial charge on any atom is 0.171 e. The number of Topliss-reactive ketones (excluding diaryl/α,β-unsaturated/α-hetero) is 2. The maximum atomic E-state index is 11.4. The summed E-state index contributed by atoms with van der Waals surface area (Å²) in [6, 6.07) is 0. The first-order valence-electron chi connectivity index (χ1n) is 5.69. The smallest absolute Gasteiger partial charge is 0.171 e. The van der Waals surface area contributed by atoms with Crippen LogP contribution in [-0.2, 0) is 0 Å². The van der Waals surface area contributed by atoms with Crippen LogP contribution in [0.3, 0.4) is 0 Å². The average molecular weight is 345 g/mol. The molecule has 0 aromatic carbocycles.